The van der Waals surface area contributed by atoms with Gasteiger partial charge in [-0.1, -0.05) is 145 Å². The van der Waals surface area contributed by atoms with Gasteiger partial charge in [0.15, 0.2) is 5.69 Å². The van der Waals surface area contributed by atoms with Crippen molar-refractivity contribution in [3.05, 3.63) is 201 Å². The van der Waals surface area contributed by atoms with E-state index in [-0.39, 0.29) is 12.3 Å². The predicted molar refractivity (Wildman–Crippen MR) is 212 cm³/mol. The molecule has 0 aliphatic carbocycles. The number of carboxylic acids is 1. The minimum Gasteiger partial charge on any atom is -0.476 e. The van der Waals surface area contributed by atoms with E-state index in [4.69, 9.17) is 35.3 Å². The summed E-state index contributed by atoms with van der Waals surface area (Å²) in [6.45, 7) is 1.59. The fourth-order valence-corrected chi connectivity index (χ4v) is 6.91. The van der Waals surface area contributed by atoms with Crippen molar-refractivity contribution in [1.82, 2.24) is 10.2 Å². The number of carboxylic acid groups (broad SMARTS) is 1. The van der Waals surface area contributed by atoms with Crippen molar-refractivity contribution in [2.24, 2.45) is 0 Å². The third-order valence-corrected chi connectivity index (χ3v) is 9.96. The van der Waals surface area contributed by atoms with Crippen molar-refractivity contribution in [2.45, 2.75) is 63.4 Å². The highest BCUT2D eigenvalue weighted by molar-refractivity contribution is 6.31. The molecule has 9 nitrogen and oxygen atoms in total. The topological polar surface area (TPSA) is 109 Å². The zero-order valence-corrected chi connectivity index (χ0v) is 31.5. The maximum absolute atomic E-state index is 11.4. The van der Waals surface area contributed by atoms with Crippen LogP contribution in [0, 0.1) is 0 Å². The molecule has 0 spiro atoms. The first kappa shape index (κ1) is 39.0. The second-order valence-electron chi connectivity index (χ2n) is 13.6. The minimum absolute atomic E-state index is 0.131. The first-order valence-electron chi connectivity index (χ1n) is 18.6. The summed E-state index contributed by atoms with van der Waals surface area (Å²) in [5.74, 6) is -1.14. The van der Waals surface area contributed by atoms with E-state index in [1.165, 1.54) is 6.07 Å². The van der Waals surface area contributed by atoms with Crippen LogP contribution < -0.4 is 0 Å². The molecule has 1 saturated heterocycles. The molecule has 56 heavy (non-hydrogen) atoms. The van der Waals surface area contributed by atoms with Crippen molar-refractivity contribution in [2.75, 3.05) is 6.61 Å². The second-order valence-corrected chi connectivity index (χ2v) is 14.0. The fourth-order valence-electron chi connectivity index (χ4n) is 6.73. The number of nitrogens with zero attached hydrogens (tertiary/aromatic N) is 2. The van der Waals surface area contributed by atoms with Crippen LogP contribution >= 0.6 is 11.6 Å². The van der Waals surface area contributed by atoms with Crippen molar-refractivity contribution in [1.29, 1.82) is 0 Å². The first-order chi connectivity index (χ1) is 27.5. The van der Waals surface area contributed by atoms with E-state index >= 15 is 0 Å². The Labute approximate surface area is 331 Å². The zero-order valence-electron chi connectivity index (χ0n) is 30.7. The fraction of sp³-hybridized carbons (Fsp3) is 0.239. The van der Waals surface area contributed by atoms with Crippen molar-refractivity contribution in [3.8, 4) is 0 Å². The van der Waals surface area contributed by atoms with Gasteiger partial charge in [-0.15, -0.1) is 5.10 Å². The largest absolute Gasteiger partial charge is 0.476 e. The van der Waals surface area contributed by atoms with Gasteiger partial charge in [-0.05, 0) is 51.6 Å². The predicted octanol–water partition coefficient (Wildman–Crippen LogP) is 8.83. The smallest absolute Gasteiger partial charge is 0.356 e. The lowest BCUT2D eigenvalue weighted by molar-refractivity contribution is -0.275. The van der Waals surface area contributed by atoms with Gasteiger partial charge in [0.1, 0.15) is 30.5 Å². The maximum atomic E-state index is 11.4. The van der Waals surface area contributed by atoms with Crippen LogP contribution in [0.5, 0.6) is 0 Å². The summed E-state index contributed by atoms with van der Waals surface area (Å²) in [5.41, 5.74) is 6.11. The van der Waals surface area contributed by atoms with E-state index in [1.54, 1.807) is 6.07 Å². The lowest BCUT2D eigenvalue weighted by atomic mass is 9.89. The maximum Gasteiger partial charge on any atom is 0.356 e. The molecule has 1 N–H and O–H groups in total. The molecular weight excluding hydrogens is 728 g/mol. The Bertz CT molecular complexity index is 2110. The highest BCUT2D eigenvalue weighted by Gasteiger charge is 2.49. The monoisotopic (exact) mass is 770 g/mol. The molecule has 286 valence electrons. The molecule has 0 amide bonds. The first-order valence-corrected chi connectivity index (χ1v) is 19.0. The molecule has 1 fully saturated rings. The molecule has 7 rings (SSSR count). The number of rotatable bonds is 17. The number of aromatic carboxylic acids is 1. The standard InChI is InChI=1S/C46H43ClN2O7/c47-39-23-21-36(25-37(39)26-38-22-24-40(46(50)51)49-48-38)42-44(54-29-34-17-9-3-10-18-34)45(55-30-35-19-11-4-12-20-35)43(53-28-33-15-7-2-8-16-33)41(56-42)31-52-27-32-13-5-1-6-14-32/h1-25,41-45H,26-31H2,(H,50,51). The van der Waals surface area contributed by atoms with Crippen LogP contribution in [0.4, 0.5) is 0 Å². The molecule has 5 unspecified atom stereocenters. The summed E-state index contributed by atoms with van der Waals surface area (Å²) < 4.78 is 34.1. The van der Waals surface area contributed by atoms with Gasteiger partial charge in [0, 0.05) is 11.4 Å². The normalized spacial score (nSPS) is 19.4. The van der Waals surface area contributed by atoms with Gasteiger partial charge in [-0.3, -0.25) is 0 Å². The molecule has 2 heterocycles. The van der Waals surface area contributed by atoms with E-state index < -0.39 is 36.5 Å². The van der Waals surface area contributed by atoms with Gasteiger partial charge in [-0.2, -0.15) is 5.10 Å². The van der Waals surface area contributed by atoms with Gasteiger partial charge in [0.05, 0.1) is 38.7 Å². The number of carbonyl (C=O) groups is 1. The van der Waals surface area contributed by atoms with Gasteiger partial charge in [-0.25, -0.2) is 4.79 Å². The van der Waals surface area contributed by atoms with Crippen LogP contribution in [0.15, 0.2) is 152 Å². The Morgan fingerprint density at radius 3 is 1.64 bits per heavy atom. The zero-order chi connectivity index (χ0) is 38.5. The molecule has 0 radical (unpaired) electrons. The Balaban J connectivity index is 1.25. The second kappa shape index (κ2) is 19.6. The average Bonchev–Trinajstić information content (AvgIpc) is 3.24. The van der Waals surface area contributed by atoms with Gasteiger partial charge >= 0.3 is 5.97 Å². The summed E-state index contributed by atoms with van der Waals surface area (Å²) in [7, 11) is 0. The average molecular weight is 771 g/mol. The number of halogens is 1. The van der Waals surface area contributed by atoms with E-state index in [0.29, 0.717) is 43.6 Å². The van der Waals surface area contributed by atoms with Crippen LogP contribution in [0.1, 0.15) is 55.7 Å². The van der Waals surface area contributed by atoms with Crippen LogP contribution in [0.2, 0.25) is 5.02 Å². The van der Waals surface area contributed by atoms with E-state index in [9.17, 15) is 9.90 Å². The SMILES string of the molecule is O=C(O)c1ccc(Cc2cc(C3OC(COCc4ccccc4)C(OCc4ccccc4)C(OCc4ccccc4)C3OCc3ccccc3)ccc2Cl)nn1. The Morgan fingerprint density at radius 1 is 0.607 bits per heavy atom. The molecule has 0 saturated carbocycles. The number of hydrogen-bond donors (Lipinski definition) is 1. The number of hydrogen-bond acceptors (Lipinski definition) is 8. The Kier molecular flexibility index (Phi) is 13.6. The van der Waals surface area contributed by atoms with Gasteiger partial charge in [0.25, 0.3) is 0 Å². The van der Waals surface area contributed by atoms with Crippen LogP contribution in [0.25, 0.3) is 0 Å². The summed E-state index contributed by atoms with van der Waals surface area (Å²) in [6, 6.07) is 48.9. The molecule has 5 atom stereocenters. The molecule has 1 aliphatic heterocycles. The van der Waals surface area contributed by atoms with Crippen LogP contribution in [-0.4, -0.2) is 52.3 Å². The molecule has 1 aliphatic rings. The van der Waals surface area contributed by atoms with Crippen molar-refractivity contribution in [3.63, 3.8) is 0 Å². The molecule has 10 heteroatoms. The Hall–Kier alpha value is -5.26. The summed E-state index contributed by atoms with van der Waals surface area (Å²) in [4.78, 5) is 11.4. The van der Waals surface area contributed by atoms with Crippen LogP contribution in [0.3, 0.4) is 0 Å². The van der Waals surface area contributed by atoms with Gasteiger partial charge < -0.3 is 28.8 Å². The number of aromatic nitrogens is 2. The van der Waals surface area contributed by atoms with Gasteiger partial charge in [0.2, 0.25) is 0 Å². The van der Waals surface area contributed by atoms with E-state index in [2.05, 4.69) is 10.2 Å². The molecule has 5 aromatic carbocycles. The van der Waals surface area contributed by atoms with Crippen molar-refractivity contribution < 1.29 is 33.6 Å². The molecule has 0 bridgehead atoms. The third kappa shape index (κ3) is 10.5. The highest BCUT2D eigenvalue weighted by atomic mass is 35.5. The summed E-state index contributed by atoms with van der Waals surface area (Å²) in [5, 5.41) is 17.9. The lowest BCUT2D eigenvalue weighted by Crippen LogP contribution is -2.58. The minimum atomic E-state index is -1.14. The lowest BCUT2D eigenvalue weighted by Gasteiger charge is -2.46. The van der Waals surface area contributed by atoms with E-state index in [1.807, 2.05) is 140 Å². The number of benzene rings is 5. The third-order valence-electron chi connectivity index (χ3n) is 9.59. The molecule has 6 aromatic rings. The summed E-state index contributed by atoms with van der Waals surface area (Å²) in [6.07, 6.45) is -2.67. The molecular formula is C46H43ClN2O7. The highest BCUT2D eigenvalue weighted by Crippen LogP contribution is 2.40. The summed E-state index contributed by atoms with van der Waals surface area (Å²) >= 11 is 6.79. The Morgan fingerprint density at radius 2 is 1.12 bits per heavy atom. The quantitative estimate of drug-likeness (QED) is 0.0973. The number of ether oxygens (including phenoxy) is 5. The molecule has 1 aromatic heterocycles. The van der Waals surface area contributed by atoms with E-state index in [0.717, 1.165) is 33.4 Å². The van der Waals surface area contributed by atoms with Crippen molar-refractivity contribution >= 4 is 17.6 Å². The van der Waals surface area contributed by atoms with Crippen LogP contribution in [-0.2, 0) is 56.5 Å².